The number of benzene rings is 1. The largest absolute Gasteiger partial charge is 0.375 e. The summed E-state index contributed by atoms with van der Waals surface area (Å²) < 4.78 is 10.7. The minimum atomic E-state index is -0.438. The van der Waals surface area contributed by atoms with Crippen molar-refractivity contribution in [2.24, 2.45) is 17.2 Å². The summed E-state index contributed by atoms with van der Waals surface area (Å²) in [6.45, 7) is 5.58. The number of thioether (sulfide) groups is 1. The predicted octanol–water partition coefficient (Wildman–Crippen LogP) is 3.57. The van der Waals surface area contributed by atoms with Crippen molar-refractivity contribution in [2.75, 3.05) is 32.3 Å². The fourth-order valence-corrected chi connectivity index (χ4v) is 2.48. The lowest BCUT2D eigenvalue weighted by Gasteiger charge is -2.11. The molecule has 0 heterocycles. The first-order valence-electron chi connectivity index (χ1n) is 11.4. The Labute approximate surface area is 204 Å². The summed E-state index contributed by atoms with van der Waals surface area (Å²) >= 11 is 1.75. The molecule has 33 heavy (non-hydrogen) atoms. The molecule has 7 nitrogen and oxygen atoms in total. The number of nitrogens with two attached hydrogens (primary N) is 3. The van der Waals surface area contributed by atoms with Gasteiger partial charge in [0.05, 0.1) is 13.2 Å². The van der Waals surface area contributed by atoms with Gasteiger partial charge in [-0.1, -0.05) is 43.3 Å². The van der Waals surface area contributed by atoms with Gasteiger partial charge in [-0.2, -0.15) is 11.8 Å². The van der Waals surface area contributed by atoms with Gasteiger partial charge in [0.25, 0.3) is 0 Å². The summed E-state index contributed by atoms with van der Waals surface area (Å²) in [6, 6.07) is 8.05. The molecule has 6 N–H and O–H groups in total. The zero-order chi connectivity index (χ0) is 25.3. The van der Waals surface area contributed by atoms with Crippen molar-refractivity contribution >= 4 is 23.6 Å². The van der Waals surface area contributed by atoms with Crippen molar-refractivity contribution in [3.05, 3.63) is 47.5 Å². The summed E-state index contributed by atoms with van der Waals surface area (Å²) in [7, 11) is 0. The number of amides is 2. The second kappa shape index (κ2) is 24.8. The second-order valence-electron chi connectivity index (χ2n) is 7.46. The maximum absolute atomic E-state index is 10.7. The number of rotatable bonds is 15. The van der Waals surface area contributed by atoms with Crippen LogP contribution in [-0.2, 0) is 32.1 Å². The standard InChI is InChI=1S/C18H29N3O4.C5H10.C2H6S/c19-16(8-9-17(20)22)12-25-11-15-6-4-14(5-7-15)3-1-2-10-24-13-18(21)23;1-3-5-4-2;1-3-2/h4-7,16H,1-3,8-13,19H2,(H2,20,22)(H2,21,23);3,5H,4H2,1-2H3;1-2H3/b;5-3-;. The van der Waals surface area contributed by atoms with Crippen molar-refractivity contribution in [1.29, 1.82) is 0 Å². The summed E-state index contributed by atoms with van der Waals surface area (Å²) in [5.74, 6) is -0.780. The first kappa shape index (κ1) is 33.3. The van der Waals surface area contributed by atoms with E-state index in [0.29, 0.717) is 26.2 Å². The molecule has 1 atom stereocenters. The van der Waals surface area contributed by atoms with E-state index in [1.54, 1.807) is 11.8 Å². The quantitative estimate of drug-likeness (QED) is 0.258. The van der Waals surface area contributed by atoms with Crippen molar-refractivity contribution in [3.63, 3.8) is 0 Å². The molecular weight excluding hydrogens is 438 g/mol. The van der Waals surface area contributed by atoms with Crippen molar-refractivity contribution < 1.29 is 19.1 Å². The summed E-state index contributed by atoms with van der Waals surface area (Å²) in [5, 5.41) is 0. The van der Waals surface area contributed by atoms with E-state index in [9.17, 15) is 9.59 Å². The van der Waals surface area contributed by atoms with Gasteiger partial charge in [-0.15, -0.1) is 0 Å². The number of hydrogen-bond donors (Lipinski definition) is 3. The zero-order valence-corrected chi connectivity index (χ0v) is 21.7. The van der Waals surface area contributed by atoms with Crippen LogP contribution in [0.2, 0.25) is 0 Å². The lowest BCUT2D eigenvalue weighted by molar-refractivity contribution is -0.122. The van der Waals surface area contributed by atoms with Crippen LogP contribution in [0.1, 0.15) is 57.1 Å². The van der Waals surface area contributed by atoms with Crippen LogP contribution in [0.15, 0.2) is 36.4 Å². The molecule has 8 heteroatoms. The lowest BCUT2D eigenvalue weighted by atomic mass is 10.1. The Balaban J connectivity index is 0. The van der Waals surface area contributed by atoms with Gasteiger partial charge in [0.2, 0.25) is 11.8 Å². The molecule has 0 spiro atoms. The Morgan fingerprint density at radius 3 is 2.12 bits per heavy atom. The van der Waals surface area contributed by atoms with Crippen LogP contribution >= 0.6 is 11.8 Å². The summed E-state index contributed by atoms with van der Waals surface area (Å²) in [6.07, 6.45) is 13.1. The fraction of sp³-hybridized carbons (Fsp3) is 0.600. The van der Waals surface area contributed by atoms with Crippen molar-refractivity contribution in [2.45, 2.75) is 65.0 Å². The number of aryl methyl sites for hydroxylation is 1. The molecule has 0 saturated heterocycles. The number of carbonyl (C=O) groups excluding carboxylic acids is 2. The minimum absolute atomic E-state index is 0.0130. The van der Waals surface area contributed by atoms with E-state index in [-0.39, 0.29) is 25.0 Å². The highest BCUT2D eigenvalue weighted by molar-refractivity contribution is 7.97. The minimum Gasteiger partial charge on any atom is -0.375 e. The van der Waals surface area contributed by atoms with Crippen LogP contribution < -0.4 is 17.2 Å². The summed E-state index contributed by atoms with van der Waals surface area (Å²) in [4.78, 5) is 21.2. The van der Waals surface area contributed by atoms with Gasteiger partial charge in [-0.25, -0.2) is 0 Å². The zero-order valence-electron chi connectivity index (χ0n) is 20.9. The van der Waals surface area contributed by atoms with E-state index >= 15 is 0 Å². The lowest BCUT2D eigenvalue weighted by Crippen LogP contribution is -2.28. The molecule has 1 unspecified atom stereocenters. The van der Waals surface area contributed by atoms with E-state index in [4.69, 9.17) is 26.7 Å². The fourth-order valence-electron chi connectivity index (χ4n) is 2.48. The van der Waals surface area contributed by atoms with Crippen molar-refractivity contribution in [3.8, 4) is 0 Å². The third-order valence-electron chi connectivity index (χ3n) is 4.11. The first-order valence-corrected chi connectivity index (χ1v) is 13.0. The van der Waals surface area contributed by atoms with Gasteiger partial charge in [0.15, 0.2) is 0 Å². The average Bonchev–Trinajstić information content (AvgIpc) is 2.77. The van der Waals surface area contributed by atoms with Gasteiger partial charge < -0.3 is 26.7 Å². The predicted molar refractivity (Wildman–Crippen MR) is 140 cm³/mol. The Morgan fingerprint density at radius 1 is 1.03 bits per heavy atom. The SMILES string of the molecule is C/C=C\CC.CSC.NC(=O)CCC(N)COCc1ccc(CCCCOCC(N)=O)cc1. The molecule has 0 fully saturated rings. The van der Waals surface area contributed by atoms with Gasteiger partial charge in [-0.3, -0.25) is 9.59 Å². The smallest absolute Gasteiger partial charge is 0.243 e. The topological polar surface area (TPSA) is 131 Å². The molecule has 1 rings (SSSR count). The van der Waals surface area contributed by atoms with Crippen LogP contribution in [0, 0.1) is 0 Å². The Morgan fingerprint density at radius 2 is 1.64 bits per heavy atom. The molecule has 1 aromatic rings. The molecule has 0 radical (unpaired) electrons. The average molecular weight is 484 g/mol. The van der Waals surface area contributed by atoms with Gasteiger partial charge in [0, 0.05) is 19.1 Å². The van der Waals surface area contributed by atoms with Crippen LogP contribution in [-0.4, -0.2) is 50.2 Å². The molecular formula is C25H45N3O4S. The third-order valence-corrected chi connectivity index (χ3v) is 4.11. The highest BCUT2D eigenvalue weighted by Crippen LogP contribution is 2.09. The number of hydrogen-bond acceptors (Lipinski definition) is 6. The van der Waals surface area contributed by atoms with Gasteiger partial charge >= 0.3 is 0 Å². The van der Waals surface area contributed by atoms with Crippen molar-refractivity contribution in [1.82, 2.24) is 0 Å². The molecule has 190 valence electrons. The van der Waals surface area contributed by atoms with Crippen LogP contribution in [0.5, 0.6) is 0 Å². The van der Waals surface area contributed by atoms with Crippen LogP contribution in [0.3, 0.4) is 0 Å². The molecule has 0 saturated carbocycles. The maximum atomic E-state index is 10.7. The van der Waals surface area contributed by atoms with Crippen LogP contribution in [0.4, 0.5) is 0 Å². The maximum Gasteiger partial charge on any atom is 0.243 e. The number of ether oxygens (including phenoxy) is 2. The first-order chi connectivity index (χ1) is 15.8. The van der Waals surface area contributed by atoms with Gasteiger partial charge in [0.1, 0.15) is 6.61 Å². The highest BCUT2D eigenvalue weighted by Gasteiger charge is 2.05. The van der Waals surface area contributed by atoms with Gasteiger partial charge in [-0.05, 0) is 62.7 Å². The molecule has 0 aliphatic rings. The highest BCUT2D eigenvalue weighted by atomic mass is 32.2. The number of allylic oxidation sites excluding steroid dienone is 2. The molecule has 2 amide bonds. The van der Waals surface area contributed by atoms with E-state index in [0.717, 1.165) is 31.2 Å². The normalized spacial score (nSPS) is 11.2. The Bertz CT molecular complexity index is 625. The molecule has 1 aromatic carbocycles. The van der Waals surface area contributed by atoms with E-state index in [1.807, 2.05) is 31.6 Å². The van der Waals surface area contributed by atoms with E-state index in [2.05, 4.69) is 31.2 Å². The Kier molecular flexibility index (Phi) is 25.0. The van der Waals surface area contributed by atoms with E-state index < -0.39 is 5.91 Å². The third kappa shape index (κ3) is 26.3. The monoisotopic (exact) mass is 483 g/mol. The van der Waals surface area contributed by atoms with E-state index in [1.165, 1.54) is 5.56 Å². The molecule has 0 aliphatic heterocycles. The Hall–Kier alpha value is -1.87. The number of unbranched alkanes of at least 4 members (excludes halogenated alkanes) is 1. The van der Waals surface area contributed by atoms with Crippen LogP contribution in [0.25, 0.3) is 0 Å². The number of carbonyl (C=O) groups is 2. The second-order valence-corrected chi connectivity index (χ2v) is 8.27. The molecule has 0 aliphatic carbocycles. The molecule has 0 bridgehead atoms. The summed E-state index contributed by atoms with van der Waals surface area (Å²) in [5.41, 5.74) is 18.2. The molecule has 0 aromatic heterocycles. The number of primary amides is 2.